The predicted octanol–water partition coefficient (Wildman–Crippen LogP) is 3.06. The van der Waals surface area contributed by atoms with Crippen LogP contribution in [0.25, 0.3) is 5.78 Å². The van der Waals surface area contributed by atoms with Crippen LogP contribution in [0.5, 0.6) is 5.75 Å². The topological polar surface area (TPSA) is 69.4 Å². The fourth-order valence-electron chi connectivity index (χ4n) is 3.12. The maximum Gasteiger partial charge on any atom is 0.453 e. The predicted molar refractivity (Wildman–Crippen MR) is 84.2 cm³/mol. The molecule has 0 radical (unpaired) electrons. The quantitative estimate of drug-likeness (QED) is 0.701. The van der Waals surface area contributed by atoms with Gasteiger partial charge >= 0.3 is 6.18 Å². The number of hydrogen-bond acceptors (Lipinski definition) is 5. The van der Waals surface area contributed by atoms with Crippen molar-refractivity contribution in [1.82, 2.24) is 19.6 Å². The summed E-state index contributed by atoms with van der Waals surface area (Å²) in [4.78, 5) is 20.1. The molecule has 1 aliphatic carbocycles. The molecule has 0 unspecified atom stereocenters. The minimum Gasteiger partial charge on any atom is -0.497 e. The van der Waals surface area contributed by atoms with E-state index in [9.17, 15) is 18.0 Å². The molecule has 0 aliphatic heterocycles. The number of rotatable bonds is 2. The Morgan fingerprint density at radius 3 is 2.54 bits per heavy atom. The largest absolute Gasteiger partial charge is 0.497 e. The Morgan fingerprint density at radius 2 is 1.88 bits per heavy atom. The molecule has 0 N–H and O–H groups in total. The second kappa shape index (κ2) is 5.79. The van der Waals surface area contributed by atoms with Gasteiger partial charge in [-0.25, -0.2) is 9.50 Å². The van der Waals surface area contributed by atoms with E-state index in [2.05, 4.69) is 15.1 Å². The molecule has 0 saturated heterocycles. The van der Waals surface area contributed by atoms with Crippen molar-refractivity contribution < 1.29 is 22.7 Å². The molecule has 0 saturated carbocycles. The highest BCUT2D eigenvalue weighted by molar-refractivity contribution is 5.98. The molecule has 2 heterocycles. The third-order valence-electron chi connectivity index (χ3n) is 4.42. The van der Waals surface area contributed by atoms with Gasteiger partial charge in [0.1, 0.15) is 5.75 Å². The molecular formula is C17H13F3N4O2. The number of benzene rings is 1. The molecule has 6 nitrogen and oxygen atoms in total. The molecule has 0 fully saturated rings. The second-order valence-corrected chi connectivity index (χ2v) is 6.08. The Labute approximate surface area is 145 Å². The molecule has 0 amide bonds. The number of ether oxygens (including phenoxy) is 1. The molecule has 1 aromatic carbocycles. The number of carbonyl (C=O) groups excluding carboxylic acids is 1. The van der Waals surface area contributed by atoms with Crippen LogP contribution in [0.2, 0.25) is 0 Å². The van der Waals surface area contributed by atoms with Crippen LogP contribution in [-0.2, 0) is 12.6 Å². The van der Waals surface area contributed by atoms with Crippen molar-refractivity contribution in [2.24, 2.45) is 0 Å². The van der Waals surface area contributed by atoms with Crippen LogP contribution in [0.4, 0.5) is 13.2 Å². The lowest BCUT2D eigenvalue weighted by molar-refractivity contribution is -0.144. The van der Waals surface area contributed by atoms with Gasteiger partial charge in [-0.2, -0.15) is 18.2 Å². The lowest BCUT2D eigenvalue weighted by atomic mass is 9.82. The zero-order valence-electron chi connectivity index (χ0n) is 13.6. The Hall–Kier alpha value is -2.97. The van der Waals surface area contributed by atoms with E-state index < -0.39 is 12.0 Å². The first-order chi connectivity index (χ1) is 12.3. The molecule has 4 rings (SSSR count). The highest BCUT2D eigenvalue weighted by atomic mass is 19.4. The van der Waals surface area contributed by atoms with Crippen LogP contribution in [0, 0.1) is 0 Å². The van der Waals surface area contributed by atoms with E-state index in [1.54, 1.807) is 19.2 Å². The summed E-state index contributed by atoms with van der Waals surface area (Å²) in [6.07, 6.45) is -2.68. The molecule has 0 bridgehead atoms. The number of methoxy groups -OCH3 is 1. The second-order valence-electron chi connectivity index (χ2n) is 6.08. The monoisotopic (exact) mass is 362 g/mol. The van der Waals surface area contributed by atoms with Crippen molar-refractivity contribution in [2.75, 3.05) is 7.11 Å². The number of aromatic nitrogens is 4. The van der Waals surface area contributed by atoms with Gasteiger partial charge in [-0.1, -0.05) is 12.1 Å². The number of nitrogens with zero attached hydrogens (tertiary/aromatic N) is 4. The highest BCUT2D eigenvalue weighted by Gasteiger charge is 2.37. The molecule has 1 atom stereocenters. The van der Waals surface area contributed by atoms with Crippen LogP contribution >= 0.6 is 0 Å². The summed E-state index contributed by atoms with van der Waals surface area (Å²) in [6, 6.07) is 7.36. The third kappa shape index (κ3) is 2.79. The number of Topliss-reactive ketones (excluding diaryl/α,β-unsaturated/α-hetero) is 1. The van der Waals surface area contributed by atoms with Crippen molar-refractivity contribution >= 4 is 11.6 Å². The maximum absolute atomic E-state index is 12.8. The summed E-state index contributed by atoms with van der Waals surface area (Å²) < 4.78 is 44.4. The standard InChI is InChI=1S/C17H13F3N4O2/c1-26-11-4-2-9(3-5-11)10-6-13-12(14(25)7-10)8-24-16(21-13)22-15(23-24)17(18,19)20/h2-5,8,10H,6-7H2,1H3/t10-/m1/s1. The van der Waals surface area contributed by atoms with Gasteiger partial charge < -0.3 is 4.74 Å². The Balaban J connectivity index is 1.71. The number of halogens is 3. The first kappa shape index (κ1) is 16.5. The number of fused-ring (bicyclic) bond motifs is 2. The van der Waals surface area contributed by atoms with Gasteiger partial charge in [-0.15, -0.1) is 5.10 Å². The molecule has 0 spiro atoms. The fraction of sp³-hybridized carbons (Fsp3) is 0.294. The average Bonchev–Trinajstić information content (AvgIpc) is 3.03. The van der Waals surface area contributed by atoms with E-state index in [1.165, 1.54) is 6.20 Å². The van der Waals surface area contributed by atoms with Crippen LogP contribution in [0.1, 0.15) is 39.8 Å². The lowest BCUT2D eigenvalue weighted by Gasteiger charge is -2.23. The number of ketones is 1. The van der Waals surface area contributed by atoms with Gasteiger partial charge in [0, 0.05) is 12.6 Å². The number of hydrogen-bond donors (Lipinski definition) is 0. The lowest BCUT2D eigenvalue weighted by Crippen LogP contribution is -2.21. The van der Waals surface area contributed by atoms with Gasteiger partial charge in [0.25, 0.3) is 11.6 Å². The molecule has 3 aromatic rings. The van der Waals surface area contributed by atoms with E-state index in [0.29, 0.717) is 23.4 Å². The first-order valence-corrected chi connectivity index (χ1v) is 7.86. The van der Waals surface area contributed by atoms with E-state index in [1.807, 2.05) is 12.1 Å². The van der Waals surface area contributed by atoms with E-state index >= 15 is 0 Å². The number of carbonyl (C=O) groups is 1. The van der Waals surface area contributed by atoms with Crippen LogP contribution < -0.4 is 4.74 Å². The summed E-state index contributed by atoms with van der Waals surface area (Å²) in [5.41, 5.74) is 1.68. The minimum absolute atomic E-state index is 0.0964. The maximum atomic E-state index is 12.8. The van der Waals surface area contributed by atoms with Gasteiger partial charge in [-0.05, 0) is 30.0 Å². The third-order valence-corrected chi connectivity index (χ3v) is 4.42. The number of alkyl halides is 3. The van der Waals surface area contributed by atoms with Gasteiger partial charge in [-0.3, -0.25) is 4.79 Å². The van der Waals surface area contributed by atoms with Crippen LogP contribution in [0.3, 0.4) is 0 Å². The van der Waals surface area contributed by atoms with Crippen molar-refractivity contribution in [2.45, 2.75) is 24.9 Å². The van der Waals surface area contributed by atoms with E-state index in [-0.39, 0.29) is 23.9 Å². The molecule has 134 valence electrons. The molecule has 9 heteroatoms. The molecule has 2 aromatic heterocycles. The van der Waals surface area contributed by atoms with Crippen molar-refractivity contribution in [3.8, 4) is 5.75 Å². The summed E-state index contributed by atoms with van der Waals surface area (Å²) in [5.74, 6) is -1.00. The summed E-state index contributed by atoms with van der Waals surface area (Å²) in [6.45, 7) is 0. The summed E-state index contributed by atoms with van der Waals surface area (Å²) in [5, 5.41) is 3.37. The van der Waals surface area contributed by atoms with Crippen molar-refractivity contribution in [1.29, 1.82) is 0 Å². The van der Waals surface area contributed by atoms with E-state index in [4.69, 9.17) is 4.74 Å². The molecule has 26 heavy (non-hydrogen) atoms. The highest BCUT2D eigenvalue weighted by Crippen LogP contribution is 2.33. The van der Waals surface area contributed by atoms with Crippen molar-refractivity contribution in [3.63, 3.8) is 0 Å². The van der Waals surface area contributed by atoms with Gasteiger partial charge in [0.2, 0.25) is 0 Å². The summed E-state index contributed by atoms with van der Waals surface area (Å²) in [7, 11) is 1.57. The smallest absolute Gasteiger partial charge is 0.453 e. The SMILES string of the molecule is COc1ccc([C@H]2CC(=O)c3cn4nc(C(F)(F)F)nc4nc3C2)cc1. The van der Waals surface area contributed by atoms with Gasteiger partial charge in [0.05, 0.1) is 18.4 Å². The Morgan fingerprint density at radius 1 is 1.15 bits per heavy atom. The zero-order chi connectivity index (χ0) is 18.5. The van der Waals surface area contributed by atoms with Crippen LogP contribution in [0.15, 0.2) is 30.5 Å². The van der Waals surface area contributed by atoms with Crippen molar-refractivity contribution in [3.05, 3.63) is 53.1 Å². The normalized spacial score (nSPS) is 17.4. The Bertz CT molecular complexity index is 996. The zero-order valence-corrected chi connectivity index (χ0v) is 13.6. The Kier molecular flexibility index (Phi) is 3.67. The first-order valence-electron chi connectivity index (χ1n) is 7.86. The molecule has 1 aliphatic rings. The average molecular weight is 362 g/mol. The van der Waals surface area contributed by atoms with E-state index in [0.717, 1.165) is 10.1 Å². The minimum atomic E-state index is -4.66. The van der Waals surface area contributed by atoms with Gasteiger partial charge in [0.15, 0.2) is 5.78 Å². The van der Waals surface area contributed by atoms with Crippen LogP contribution in [-0.4, -0.2) is 32.5 Å². The molecular weight excluding hydrogens is 349 g/mol. The fourth-order valence-corrected chi connectivity index (χ4v) is 3.12. The summed E-state index contributed by atoms with van der Waals surface area (Å²) >= 11 is 0.